The number of carboxylic acid groups (broad SMARTS) is 1. The highest BCUT2D eigenvalue weighted by atomic mass is 16.4. The molecule has 2 rings (SSSR count). The lowest BCUT2D eigenvalue weighted by molar-refractivity contribution is -0.136. The van der Waals surface area contributed by atoms with Crippen molar-refractivity contribution in [3.8, 4) is 0 Å². The highest BCUT2D eigenvalue weighted by Gasteiger charge is 2.34. The van der Waals surface area contributed by atoms with Crippen LogP contribution in [0.5, 0.6) is 0 Å². The Bertz CT molecular complexity index is 420. The highest BCUT2D eigenvalue weighted by Crippen LogP contribution is 2.23. The lowest BCUT2D eigenvalue weighted by Crippen LogP contribution is -2.49. The third kappa shape index (κ3) is 5.33. The van der Waals surface area contributed by atoms with Crippen LogP contribution < -0.4 is 10.6 Å². The molecule has 0 saturated carbocycles. The molecule has 0 aromatic rings. The van der Waals surface area contributed by atoms with Crippen LogP contribution in [0.2, 0.25) is 0 Å². The van der Waals surface area contributed by atoms with Crippen LogP contribution in [0, 0.1) is 5.92 Å². The van der Waals surface area contributed by atoms with Gasteiger partial charge in [0.1, 0.15) is 0 Å². The summed E-state index contributed by atoms with van der Waals surface area (Å²) in [5, 5.41) is 33.6. The van der Waals surface area contributed by atoms with E-state index in [1.54, 1.807) is 4.90 Å². The maximum Gasteiger partial charge on any atom is 0.404 e. The molecule has 0 radical (unpaired) electrons. The van der Waals surface area contributed by atoms with E-state index in [-0.39, 0.29) is 17.9 Å². The number of aliphatic hydroxyl groups excluding tert-OH is 2. The minimum absolute atomic E-state index is 0.00555. The van der Waals surface area contributed by atoms with Gasteiger partial charge in [-0.05, 0) is 32.1 Å². The zero-order chi connectivity index (χ0) is 16.8. The summed E-state index contributed by atoms with van der Waals surface area (Å²) in [6.07, 6.45) is 1.24. The first-order valence-electron chi connectivity index (χ1n) is 8.32. The predicted molar refractivity (Wildman–Crippen MR) is 83.0 cm³/mol. The number of hydrogen-bond donors (Lipinski definition) is 5. The van der Waals surface area contributed by atoms with E-state index in [0.717, 1.165) is 12.8 Å². The molecule has 1 unspecified atom stereocenters. The first-order valence-corrected chi connectivity index (χ1v) is 8.32. The minimum Gasteiger partial charge on any atom is -0.465 e. The second kappa shape index (κ2) is 8.47. The fourth-order valence-corrected chi connectivity index (χ4v) is 3.39. The number of carbonyl (C=O) groups excluding carboxylic acids is 1. The Kier molecular flexibility index (Phi) is 6.61. The highest BCUT2D eigenvalue weighted by molar-refractivity contribution is 5.82. The van der Waals surface area contributed by atoms with Crippen molar-refractivity contribution in [2.24, 2.45) is 5.92 Å². The second-order valence-corrected chi connectivity index (χ2v) is 6.48. The van der Waals surface area contributed by atoms with Gasteiger partial charge in [0.2, 0.25) is 5.91 Å². The molecule has 0 aromatic carbocycles. The molecule has 2 heterocycles. The molecule has 8 nitrogen and oxygen atoms in total. The molecule has 132 valence electrons. The van der Waals surface area contributed by atoms with E-state index >= 15 is 0 Å². The third-order valence-electron chi connectivity index (χ3n) is 4.67. The van der Waals surface area contributed by atoms with Crippen LogP contribution in [0.1, 0.15) is 32.1 Å². The van der Waals surface area contributed by atoms with Crippen LogP contribution in [0.4, 0.5) is 4.79 Å². The monoisotopic (exact) mass is 329 g/mol. The Morgan fingerprint density at radius 1 is 1.39 bits per heavy atom. The summed E-state index contributed by atoms with van der Waals surface area (Å²) >= 11 is 0. The Hall–Kier alpha value is -1.38. The van der Waals surface area contributed by atoms with Crippen LogP contribution in [0.3, 0.4) is 0 Å². The molecule has 2 amide bonds. The molecule has 4 atom stereocenters. The molecule has 2 aliphatic heterocycles. The smallest absolute Gasteiger partial charge is 0.404 e. The predicted octanol–water partition coefficient (Wildman–Crippen LogP) is -0.643. The molecule has 2 aliphatic rings. The van der Waals surface area contributed by atoms with Gasteiger partial charge >= 0.3 is 6.09 Å². The molecule has 8 heteroatoms. The van der Waals surface area contributed by atoms with E-state index in [4.69, 9.17) is 5.11 Å². The van der Waals surface area contributed by atoms with E-state index in [2.05, 4.69) is 10.6 Å². The number of likely N-dealkylation sites (tertiary alicyclic amines) is 1. The average molecular weight is 329 g/mol. The number of nitrogens with one attached hydrogen (secondary N) is 2. The van der Waals surface area contributed by atoms with Gasteiger partial charge in [-0.3, -0.25) is 4.79 Å². The van der Waals surface area contributed by atoms with Crippen molar-refractivity contribution in [3.63, 3.8) is 0 Å². The molecule has 0 aromatic heterocycles. The normalized spacial score (nSPS) is 29.3. The Balaban J connectivity index is 1.76. The number of piperidine rings is 1. The Morgan fingerprint density at radius 3 is 2.83 bits per heavy atom. The Morgan fingerprint density at radius 2 is 2.17 bits per heavy atom. The van der Waals surface area contributed by atoms with Gasteiger partial charge in [-0.25, -0.2) is 4.79 Å². The summed E-state index contributed by atoms with van der Waals surface area (Å²) in [6.45, 7) is 2.00. The van der Waals surface area contributed by atoms with E-state index in [0.29, 0.717) is 45.4 Å². The van der Waals surface area contributed by atoms with Crippen LogP contribution in [-0.4, -0.2) is 76.6 Å². The fraction of sp³-hybridized carbons (Fsp3) is 0.867. The molecule has 23 heavy (non-hydrogen) atoms. The van der Waals surface area contributed by atoms with Crippen LogP contribution in [0.15, 0.2) is 0 Å². The molecule has 0 aliphatic carbocycles. The average Bonchev–Trinajstić information content (AvgIpc) is 2.97. The van der Waals surface area contributed by atoms with Crippen molar-refractivity contribution in [2.75, 3.05) is 26.2 Å². The topological polar surface area (TPSA) is 122 Å². The van der Waals surface area contributed by atoms with Gasteiger partial charge in [0.05, 0.1) is 18.2 Å². The summed E-state index contributed by atoms with van der Waals surface area (Å²) in [5.41, 5.74) is 0. The number of β-amino-alcohol motifs (C(OH)–C–C–N with tert-alkyl or cyclic N) is 1. The van der Waals surface area contributed by atoms with Gasteiger partial charge in [0.15, 0.2) is 0 Å². The van der Waals surface area contributed by atoms with Gasteiger partial charge in [-0.1, -0.05) is 0 Å². The molecule has 2 fully saturated rings. The minimum atomic E-state index is -1.06. The SMILES string of the molecule is O=C(O)NCCCC(O)[C@@H]1CCCN(C(=O)[C@@H]2C[C@@H](O)CN2)C1. The molecule has 0 bridgehead atoms. The van der Waals surface area contributed by atoms with E-state index < -0.39 is 18.3 Å². The maximum atomic E-state index is 12.4. The van der Waals surface area contributed by atoms with Crippen LogP contribution in [0.25, 0.3) is 0 Å². The zero-order valence-electron chi connectivity index (χ0n) is 13.3. The molecule has 0 spiro atoms. The van der Waals surface area contributed by atoms with Gasteiger partial charge in [-0.15, -0.1) is 0 Å². The number of nitrogens with zero attached hydrogens (tertiary/aromatic N) is 1. The van der Waals surface area contributed by atoms with Gasteiger partial charge in [0, 0.05) is 32.1 Å². The van der Waals surface area contributed by atoms with Crippen molar-refractivity contribution >= 4 is 12.0 Å². The lowest BCUT2D eigenvalue weighted by Gasteiger charge is -2.36. The van der Waals surface area contributed by atoms with E-state index in [1.807, 2.05) is 0 Å². The summed E-state index contributed by atoms with van der Waals surface area (Å²) in [7, 11) is 0. The second-order valence-electron chi connectivity index (χ2n) is 6.48. The van der Waals surface area contributed by atoms with E-state index in [1.165, 1.54) is 0 Å². The fourth-order valence-electron chi connectivity index (χ4n) is 3.39. The van der Waals surface area contributed by atoms with Gasteiger partial charge < -0.3 is 30.9 Å². The Labute approximate surface area is 135 Å². The number of carbonyl (C=O) groups is 2. The summed E-state index contributed by atoms with van der Waals surface area (Å²) < 4.78 is 0. The maximum absolute atomic E-state index is 12.4. The summed E-state index contributed by atoms with van der Waals surface area (Å²) in [5.74, 6) is 0.0369. The number of rotatable bonds is 6. The quantitative estimate of drug-likeness (QED) is 0.413. The standard InChI is InChI=1S/C15H27N3O5/c19-11-7-12(17-8-11)14(21)18-6-2-3-10(9-18)13(20)4-1-5-16-15(22)23/h10-13,16-17,19-20H,1-9H2,(H,22,23)/t10-,11-,12+,13?/m1/s1. The summed E-state index contributed by atoms with van der Waals surface area (Å²) in [6, 6.07) is -0.319. The first kappa shape index (κ1) is 18.0. The number of amides is 2. The zero-order valence-corrected chi connectivity index (χ0v) is 13.3. The molecule has 2 saturated heterocycles. The van der Waals surface area contributed by atoms with Crippen molar-refractivity contribution in [1.29, 1.82) is 0 Å². The van der Waals surface area contributed by atoms with Gasteiger partial charge in [0.25, 0.3) is 0 Å². The van der Waals surface area contributed by atoms with Crippen molar-refractivity contribution < 1.29 is 24.9 Å². The first-order chi connectivity index (χ1) is 11.0. The van der Waals surface area contributed by atoms with Crippen LogP contribution in [-0.2, 0) is 4.79 Å². The molecular formula is C15H27N3O5. The number of aliphatic hydroxyl groups is 2. The molecule has 5 N–H and O–H groups in total. The van der Waals surface area contributed by atoms with E-state index in [9.17, 15) is 19.8 Å². The van der Waals surface area contributed by atoms with Crippen molar-refractivity contribution in [2.45, 2.75) is 50.4 Å². The van der Waals surface area contributed by atoms with Gasteiger partial charge in [-0.2, -0.15) is 0 Å². The van der Waals surface area contributed by atoms with Crippen LogP contribution >= 0.6 is 0 Å². The summed E-state index contributed by atoms with van der Waals surface area (Å²) in [4.78, 5) is 24.6. The number of hydrogen-bond acceptors (Lipinski definition) is 5. The molecular weight excluding hydrogens is 302 g/mol. The van der Waals surface area contributed by atoms with Crippen molar-refractivity contribution in [3.05, 3.63) is 0 Å². The third-order valence-corrected chi connectivity index (χ3v) is 4.67. The largest absolute Gasteiger partial charge is 0.465 e. The lowest BCUT2D eigenvalue weighted by atomic mass is 9.89. The van der Waals surface area contributed by atoms with Crippen molar-refractivity contribution in [1.82, 2.24) is 15.5 Å².